The van der Waals surface area contributed by atoms with Gasteiger partial charge in [0.1, 0.15) is 0 Å². The van der Waals surface area contributed by atoms with E-state index in [0.29, 0.717) is 22.8 Å². The molecule has 116 valence electrons. The summed E-state index contributed by atoms with van der Waals surface area (Å²) in [5.74, 6) is -0.435. The van der Waals surface area contributed by atoms with Crippen molar-refractivity contribution in [1.82, 2.24) is 9.80 Å². The highest BCUT2D eigenvalue weighted by Gasteiger charge is 2.39. The highest BCUT2D eigenvalue weighted by atomic mass is 32.1. The van der Waals surface area contributed by atoms with Crippen LogP contribution in [0.15, 0.2) is 41.6 Å². The Morgan fingerprint density at radius 2 is 2.00 bits per heavy atom. The zero-order chi connectivity index (χ0) is 16.3. The quantitative estimate of drug-likeness (QED) is 0.484. The van der Waals surface area contributed by atoms with Crippen LogP contribution in [0.2, 0.25) is 0 Å². The van der Waals surface area contributed by atoms with Crippen molar-refractivity contribution in [2.45, 2.75) is 19.9 Å². The number of carbonyl (C=O) groups excluding carboxylic acids is 2. The normalized spacial score (nSPS) is 18.5. The van der Waals surface area contributed by atoms with Gasteiger partial charge in [-0.25, -0.2) is 4.79 Å². The zero-order valence-electron chi connectivity index (χ0n) is 12.8. The van der Waals surface area contributed by atoms with Gasteiger partial charge in [-0.1, -0.05) is 30.3 Å². The Balaban J connectivity index is 2.63. The summed E-state index contributed by atoms with van der Waals surface area (Å²) < 4.78 is 5.17. The molecule has 1 aromatic rings. The molecule has 22 heavy (non-hydrogen) atoms. The van der Waals surface area contributed by atoms with Crippen LogP contribution in [0.4, 0.5) is 0 Å². The molecule has 0 radical (unpaired) electrons. The molecule has 1 amide bonds. The topological polar surface area (TPSA) is 49.9 Å². The summed E-state index contributed by atoms with van der Waals surface area (Å²) in [6.07, 6.45) is 0.655. The molecule has 1 aromatic carbocycles. The third kappa shape index (κ3) is 2.74. The fraction of sp³-hybridized carbons (Fsp3) is 0.312. The van der Waals surface area contributed by atoms with Crippen molar-refractivity contribution in [2.24, 2.45) is 0 Å². The predicted molar refractivity (Wildman–Crippen MR) is 86.8 cm³/mol. The standard InChI is InChI=1S/C16H18N2O3S/c1-4-21-15(20)13-11(2)17(3)16(22)18(10-19)14(13)12-8-6-5-7-9-12/h5-10,14H,4H2,1-3H3. The molecule has 1 unspecified atom stereocenters. The van der Waals surface area contributed by atoms with Gasteiger partial charge in [-0.15, -0.1) is 0 Å². The van der Waals surface area contributed by atoms with E-state index < -0.39 is 12.0 Å². The van der Waals surface area contributed by atoms with E-state index in [4.69, 9.17) is 17.0 Å². The average molecular weight is 318 g/mol. The van der Waals surface area contributed by atoms with Crippen LogP contribution in [-0.4, -0.2) is 40.9 Å². The molecule has 0 saturated carbocycles. The van der Waals surface area contributed by atoms with Crippen LogP contribution in [0.25, 0.3) is 0 Å². The number of carbonyl (C=O) groups is 2. The molecule has 0 aliphatic carbocycles. The number of nitrogens with zero attached hydrogens (tertiary/aromatic N) is 2. The second kappa shape index (κ2) is 6.70. The Hall–Kier alpha value is -2.21. The molecule has 1 aliphatic heterocycles. The predicted octanol–water partition coefficient (Wildman–Crippen LogP) is 2.25. The maximum atomic E-state index is 12.4. The second-order valence-electron chi connectivity index (χ2n) is 4.89. The van der Waals surface area contributed by atoms with Gasteiger partial charge in [0.15, 0.2) is 5.11 Å². The molecule has 1 aliphatic rings. The summed E-state index contributed by atoms with van der Waals surface area (Å²) in [4.78, 5) is 27.0. The minimum absolute atomic E-state index is 0.270. The van der Waals surface area contributed by atoms with Gasteiger partial charge in [-0.05, 0) is 31.6 Å². The minimum Gasteiger partial charge on any atom is -0.463 e. The van der Waals surface area contributed by atoms with Crippen molar-refractivity contribution < 1.29 is 14.3 Å². The molecule has 1 atom stereocenters. The van der Waals surface area contributed by atoms with Crippen LogP contribution in [0, 0.1) is 0 Å². The Morgan fingerprint density at radius 1 is 1.36 bits per heavy atom. The Labute approximate surface area is 135 Å². The number of ether oxygens (including phenoxy) is 1. The first-order chi connectivity index (χ1) is 10.5. The minimum atomic E-state index is -0.568. The number of amides is 1. The summed E-state index contributed by atoms with van der Waals surface area (Å²) >= 11 is 5.34. The number of allylic oxidation sites excluding steroid dienone is 1. The maximum Gasteiger partial charge on any atom is 0.338 e. The third-order valence-corrected chi connectivity index (χ3v) is 4.16. The first-order valence-electron chi connectivity index (χ1n) is 6.97. The number of esters is 1. The van der Waals surface area contributed by atoms with Gasteiger partial charge in [0, 0.05) is 12.7 Å². The summed E-state index contributed by atoms with van der Waals surface area (Å²) in [5.41, 5.74) is 1.93. The first-order valence-corrected chi connectivity index (χ1v) is 7.37. The van der Waals surface area contributed by atoms with Crippen LogP contribution in [-0.2, 0) is 14.3 Å². The summed E-state index contributed by atoms with van der Waals surface area (Å²) in [5, 5.41) is 0.356. The molecule has 1 heterocycles. The highest BCUT2D eigenvalue weighted by molar-refractivity contribution is 7.80. The Morgan fingerprint density at radius 3 is 2.55 bits per heavy atom. The van der Waals surface area contributed by atoms with E-state index in [1.165, 1.54) is 4.90 Å². The van der Waals surface area contributed by atoms with Crippen LogP contribution in [0.1, 0.15) is 25.5 Å². The van der Waals surface area contributed by atoms with Crippen LogP contribution < -0.4 is 0 Å². The van der Waals surface area contributed by atoms with E-state index in [1.807, 2.05) is 30.3 Å². The summed E-state index contributed by atoms with van der Waals surface area (Å²) in [6, 6.07) is 8.75. The molecule has 0 N–H and O–H groups in total. The van der Waals surface area contributed by atoms with Gasteiger partial charge in [0.05, 0.1) is 18.2 Å². The van der Waals surface area contributed by atoms with E-state index in [0.717, 1.165) is 5.56 Å². The molecule has 0 aromatic heterocycles. The summed E-state index contributed by atoms with van der Waals surface area (Å²) in [7, 11) is 1.73. The van der Waals surface area contributed by atoms with Crippen LogP contribution in [0.3, 0.4) is 0 Å². The number of rotatable bonds is 4. The van der Waals surface area contributed by atoms with Crippen LogP contribution in [0.5, 0.6) is 0 Å². The average Bonchev–Trinajstić information content (AvgIpc) is 2.53. The largest absolute Gasteiger partial charge is 0.463 e. The fourth-order valence-electron chi connectivity index (χ4n) is 2.48. The fourth-order valence-corrected chi connectivity index (χ4v) is 2.77. The first kappa shape index (κ1) is 16.2. The molecule has 2 rings (SSSR count). The van der Waals surface area contributed by atoms with Gasteiger partial charge >= 0.3 is 5.97 Å². The maximum absolute atomic E-state index is 12.4. The summed E-state index contributed by atoms with van der Waals surface area (Å²) in [6.45, 7) is 3.82. The molecular weight excluding hydrogens is 300 g/mol. The lowest BCUT2D eigenvalue weighted by Gasteiger charge is -2.40. The molecular formula is C16H18N2O3S. The monoisotopic (exact) mass is 318 g/mol. The van der Waals surface area contributed by atoms with Gasteiger partial charge in [-0.3, -0.25) is 9.69 Å². The number of hydrogen-bond donors (Lipinski definition) is 0. The van der Waals surface area contributed by atoms with Crippen molar-refractivity contribution in [3.8, 4) is 0 Å². The van der Waals surface area contributed by atoms with E-state index in [2.05, 4.69) is 0 Å². The number of benzene rings is 1. The van der Waals surface area contributed by atoms with Gasteiger partial charge in [-0.2, -0.15) is 0 Å². The van der Waals surface area contributed by atoms with Crippen molar-refractivity contribution in [1.29, 1.82) is 0 Å². The highest BCUT2D eigenvalue weighted by Crippen LogP contribution is 2.36. The number of hydrogen-bond acceptors (Lipinski definition) is 4. The Bertz CT molecular complexity index is 628. The van der Waals surface area contributed by atoms with E-state index in [1.54, 1.807) is 25.8 Å². The van der Waals surface area contributed by atoms with Crippen molar-refractivity contribution in [2.75, 3.05) is 13.7 Å². The lowest BCUT2D eigenvalue weighted by atomic mass is 9.94. The van der Waals surface area contributed by atoms with E-state index in [9.17, 15) is 9.59 Å². The lowest BCUT2D eigenvalue weighted by molar-refractivity contribution is -0.139. The molecule has 6 heteroatoms. The van der Waals surface area contributed by atoms with E-state index in [-0.39, 0.29) is 6.61 Å². The van der Waals surface area contributed by atoms with Gasteiger partial charge in [0.25, 0.3) is 0 Å². The molecule has 5 nitrogen and oxygen atoms in total. The third-order valence-electron chi connectivity index (χ3n) is 3.68. The SMILES string of the molecule is CCOC(=O)C1=C(C)N(C)C(=S)N(C=O)C1c1ccccc1. The van der Waals surface area contributed by atoms with Crippen molar-refractivity contribution in [3.05, 3.63) is 47.2 Å². The molecule has 0 fully saturated rings. The van der Waals surface area contributed by atoms with Crippen LogP contribution >= 0.6 is 12.2 Å². The molecule has 0 bridgehead atoms. The molecule has 0 spiro atoms. The van der Waals surface area contributed by atoms with Crippen molar-refractivity contribution in [3.63, 3.8) is 0 Å². The van der Waals surface area contributed by atoms with E-state index >= 15 is 0 Å². The zero-order valence-corrected chi connectivity index (χ0v) is 13.6. The Kier molecular flexibility index (Phi) is 4.92. The second-order valence-corrected chi connectivity index (χ2v) is 5.25. The van der Waals surface area contributed by atoms with Gasteiger partial charge < -0.3 is 9.64 Å². The van der Waals surface area contributed by atoms with Crippen molar-refractivity contribution >= 4 is 29.7 Å². The lowest BCUT2D eigenvalue weighted by Crippen LogP contribution is -2.48. The number of thiocarbonyl (C=S) groups is 1. The smallest absolute Gasteiger partial charge is 0.338 e. The molecule has 0 saturated heterocycles. The van der Waals surface area contributed by atoms with Gasteiger partial charge in [0.2, 0.25) is 6.41 Å².